The number of carbonyl (C=O) groups is 1. The predicted octanol–water partition coefficient (Wildman–Crippen LogP) is -2.51. The Morgan fingerprint density at radius 3 is 2.50 bits per heavy atom. The molecule has 1 rings (SSSR count). The second-order valence-electron chi connectivity index (χ2n) is 1.94. The Morgan fingerprint density at radius 1 is 1.56 bits per heavy atom. The Kier molecular flexibility index (Phi) is 31.1. The van der Waals surface area contributed by atoms with Gasteiger partial charge in [-0.3, -0.25) is 4.98 Å². The fourth-order valence-electron chi connectivity index (χ4n) is 0.647. The topological polar surface area (TPSA) is 98.6 Å². The van der Waals surface area contributed by atoms with Crippen molar-refractivity contribution in [1.29, 1.82) is 0 Å². The summed E-state index contributed by atoms with van der Waals surface area (Å²) in [6.07, 6.45) is 1.78. The average molecular weight is 391 g/mol. The van der Waals surface area contributed by atoms with Crippen molar-refractivity contribution >= 4 is 22.0 Å². The molecule has 5 nitrogen and oxygen atoms in total. The maximum Gasteiger partial charge on any atom is 1.00 e. The Balaban J connectivity index is -0.000000136. The Bertz CT molecular complexity index is 254. The minimum absolute atomic E-state index is 0. The van der Waals surface area contributed by atoms with Gasteiger partial charge in [-0.1, -0.05) is 22.0 Å². The van der Waals surface area contributed by atoms with Gasteiger partial charge < -0.3 is 20.7 Å². The summed E-state index contributed by atoms with van der Waals surface area (Å²) < 4.78 is 0. The molecule has 83 valence electrons. The summed E-state index contributed by atoms with van der Waals surface area (Å²) in [6.45, 7) is 0.121. The molecule has 1 heterocycles. The van der Waals surface area contributed by atoms with Gasteiger partial charge in [0.15, 0.2) is 0 Å². The van der Waals surface area contributed by atoms with E-state index in [1.165, 1.54) is 0 Å². The zero-order valence-corrected chi connectivity index (χ0v) is 16.7. The molecule has 0 fully saturated rings. The van der Waals surface area contributed by atoms with Gasteiger partial charge in [-0.2, -0.15) is 0 Å². The van der Waals surface area contributed by atoms with Crippen LogP contribution in [0.2, 0.25) is 0 Å². The molecule has 1 radical (unpaired) electrons. The van der Waals surface area contributed by atoms with Crippen LogP contribution in [0.5, 0.6) is 0 Å². The Hall–Kier alpha value is 1.60. The van der Waals surface area contributed by atoms with E-state index in [0.29, 0.717) is 0 Å². The van der Waals surface area contributed by atoms with Gasteiger partial charge >= 0.3 is 51.4 Å². The van der Waals surface area contributed by atoms with Crippen LogP contribution < -0.4 is 56.5 Å². The maximum atomic E-state index is 9.87. The molecule has 0 saturated heterocycles. The molecular weight excluding hydrogens is 380 g/mol. The van der Waals surface area contributed by atoms with Crippen LogP contribution in [-0.2, 0) is 39.3 Å². The third-order valence-corrected chi connectivity index (χ3v) is 1.11. The van der Waals surface area contributed by atoms with Crippen molar-refractivity contribution in [2.75, 3.05) is 5.83 Å². The maximum absolute atomic E-state index is 9.87. The summed E-state index contributed by atoms with van der Waals surface area (Å²) in [5, 5.41) is 13.0. The van der Waals surface area contributed by atoms with Crippen LogP contribution in [0.4, 0.5) is 4.79 Å². The van der Waals surface area contributed by atoms with Crippen molar-refractivity contribution < 1.29 is 99.5 Å². The van der Waals surface area contributed by atoms with Gasteiger partial charge in [-0.05, 0) is 23.6 Å². The van der Waals surface area contributed by atoms with Crippen molar-refractivity contribution in [1.82, 2.24) is 4.98 Å². The van der Waals surface area contributed by atoms with E-state index in [2.05, 4.69) is 26.2 Å². The van der Waals surface area contributed by atoms with Crippen LogP contribution in [0, 0.1) is 0 Å². The van der Waals surface area contributed by atoms with E-state index in [1.54, 1.807) is 24.5 Å². The molecule has 0 bridgehead atoms. The monoisotopic (exact) mass is 390 g/mol. The van der Waals surface area contributed by atoms with Crippen LogP contribution >= 0.6 is 15.9 Å². The minimum atomic E-state index is -1.39. The van der Waals surface area contributed by atoms with E-state index in [4.69, 9.17) is 0 Å². The molecule has 0 unspecified atom stereocenters. The van der Waals surface area contributed by atoms with Gasteiger partial charge in [0, 0.05) is 45.1 Å². The first-order valence-corrected chi connectivity index (χ1v) is 5.03. The molecule has 0 saturated carbocycles. The molecule has 8 heteroatoms. The van der Waals surface area contributed by atoms with Gasteiger partial charge in [-0.25, -0.2) is 0 Å². The molecule has 1 aromatic heterocycles. The molecule has 0 aliphatic carbocycles. The number of amides is 1. The fraction of sp³-hybridized carbons (Fsp3) is 0.250. The standard InChI is InChI=1S/C7H7N2O2.CH3Br.K.H2O.Y/c10-7(11)9-5-6-2-1-3-8-4-6;1-2;;;/h1-4H,5H2,(H,10,11);1H3;;1H2;/q-1;;+1;;/p-1. The molecule has 0 spiro atoms. The Labute approximate surface area is 171 Å². The van der Waals surface area contributed by atoms with E-state index < -0.39 is 6.09 Å². The zero-order valence-electron chi connectivity index (χ0n) is 9.18. The van der Waals surface area contributed by atoms with Gasteiger partial charge in [0.05, 0.1) is 0 Å². The molecule has 0 aliphatic rings. The first-order chi connectivity index (χ1) is 6.29. The van der Waals surface area contributed by atoms with Gasteiger partial charge in [0.1, 0.15) is 0 Å². The number of halogens is 1. The number of hydrogen-bond donors (Lipinski definition) is 0. The fourth-order valence-corrected chi connectivity index (χ4v) is 0.647. The summed E-state index contributed by atoms with van der Waals surface area (Å²) in [6, 6.07) is 3.47. The van der Waals surface area contributed by atoms with Crippen LogP contribution in [0.3, 0.4) is 0 Å². The van der Waals surface area contributed by atoms with Crippen molar-refractivity contribution in [3.63, 3.8) is 0 Å². The smallest absolute Gasteiger partial charge is 0.667 e. The number of carboxylic acid groups (broad SMARTS) is 1. The molecule has 1 aromatic rings. The first kappa shape index (κ1) is 26.2. The minimum Gasteiger partial charge on any atom is -0.667 e. The van der Waals surface area contributed by atoms with Gasteiger partial charge in [0.2, 0.25) is 0 Å². The molecule has 0 aromatic carbocycles. The molecule has 16 heavy (non-hydrogen) atoms. The van der Waals surface area contributed by atoms with Crippen LogP contribution in [-0.4, -0.2) is 22.4 Å². The Morgan fingerprint density at radius 2 is 2.12 bits per heavy atom. The predicted molar refractivity (Wildman–Crippen MR) is 55.2 cm³/mol. The van der Waals surface area contributed by atoms with Crippen molar-refractivity contribution in [2.24, 2.45) is 0 Å². The number of pyridine rings is 1. The van der Waals surface area contributed by atoms with Crippen LogP contribution in [0.1, 0.15) is 5.56 Å². The summed E-state index contributed by atoms with van der Waals surface area (Å²) in [5.74, 6) is 1.81. The number of alkyl halides is 1. The summed E-state index contributed by atoms with van der Waals surface area (Å²) in [4.78, 5) is 13.7. The molecule has 0 aliphatic heterocycles. The van der Waals surface area contributed by atoms with Crippen LogP contribution in [0.15, 0.2) is 24.5 Å². The number of aromatic nitrogens is 1. The van der Waals surface area contributed by atoms with Crippen LogP contribution in [0.25, 0.3) is 5.32 Å². The third-order valence-electron chi connectivity index (χ3n) is 1.11. The normalized spacial score (nSPS) is 6.62. The van der Waals surface area contributed by atoms with E-state index in [9.17, 15) is 9.90 Å². The number of carbonyl (C=O) groups excluding carboxylic acids is 1. The largest absolute Gasteiger partial charge is 1.00 e. The second kappa shape index (κ2) is 19.0. The van der Waals surface area contributed by atoms with Crippen molar-refractivity contribution in [2.45, 2.75) is 6.54 Å². The zero-order chi connectivity index (χ0) is 10.1. The second-order valence-corrected chi connectivity index (χ2v) is 1.94. The number of nitrogens with zero attached hydrogens (tertiary/aromatic N) is 2. The number of hydrogen-bond acceptors (Lipinski definition) is 3. The van der Waals surface area contributed by atoms with Crippen molar-refractivity contribution in [3.05, 3.63) is 35.4 Å². The summed E-state index contributed by atoms with van der Waals surface area (Å²) in [5.41, 5.74) is 0.761. The number of rotatable bonds is 2. The summed E-state index contributed by atoms with van der Waals surface area (Å²) >= 11 is 2.94. The van der Waals surface area contributed by atoms with Gasteiger partial charge in [0.25, 0.3) is 0 Å². The van der Waals surface area contributed by atoms with Crippen molar-refractivity contribution in [3.8, 4) is 0 Å². The van der Waals surface area contributed by atoms with E-state index >= 15 is 0 Å². The molecule has 1 amide bonds. The third kappa shape index (κ3) is 15.6. The molecule has 2 N–H and O–H groups in total. The molecule has 0 atom stereocenters. The quantitative estimate of drug-likeness (QED) is 0.411. The molecular formula is C8H11BrKN2O3Y-. The SMILES string of the molecule is CBr.O.O=C([O-])[N-]Cc1cccnc1.[K+].[Y]. The van der Waals surface area contributed by atoms with E-state index in [1.807, 2.05) is 5.83 Å². The first-order valence-electron chi connectivity index (χ1n) is 3.44. The average Bonchev–Trinajstić information content (AvgIpc) is 2.19. The van der Waals surface area contributed by atoms with E-state index in [-0.39, 0.29) is 96.1 Å². The summed E-state index contributed by atoms with van der Waals surface area (Å²) in [7, 11) is 0. The van der Waals surface area contributed by atoms with E-state index in [0.717, 1.165) is 5.56 Å². The van der Waals surface area contributed by atoms with Gasteiger partial charge in [-0.15, -0.1) is 6.54 Å².